The second-order valence-corrected chi connectivity index (χ2v) is 5.94. The van der Waals surface area contributed by atoms with E-state index in [0.29, 0.717) is 36.1 Å². The quantitative estimate of drug-likeness (QED) is 0.538. The van der Waals surface area contributed by atoms with Crippen LogP contribution in [0.15, 0.2) is 60.7 Å². The molecule has 3 aromatic rings. The lowest BCUT2D eigenvalue weighted by molar-refractivity contribution is 0.102. The van der Waals surface area contributed by atoms with Gasteiger partial charge in [-0.05, 0) is 54.6 Å². The molecule has 2 N–H and O–H groups in total. The summed E-state index contributed by atoms with van der Waals surface area (Å²) in [6.07, 6.45) is 0. The van der Waals surface area contributed by atoms with Crippen LogP contribution in [0.25, 0.3) is 0 Å². The third-order valence-electron chi connectivity index (χ3n) is 3.97. The van der Waals surface area contributed by atoms with Gasteiger partial charge in [0.2, 0.25) is 0 Å². The summed E-state index contributed by atoms with van der Waals surface area (Å²) in [5, 5.41) is 13.9. The SMILES string of the molecule is COc1ccc(OCCNc2ccc(NC(=O)c3cccc(OC)c3)nn2)cc1. The number of hydrogen-bond donors (Lipinski definition) is 2. The van der Waals surface area contributed by atoms with Gasteiger partial charge < -0.3 is 24.8 Å². The molecule has 150 valence electrons. The fourth-order valence-corrected chi connectivity index (χ4v) is 2.47. The molecule has 0 aliphatic rings. The number of ether oxygens (including phenoxy) is 3. The van der Waals surface area contributed by atoms with Crippen LogP contribution in [0.5, 0.6) is 17.2 Å². The molecular weight excluding hydrogens is 372 g/mol. The summed E-state index contributed by atoms with van der Waals surface area (Å²) >= 11 is 0. The number of amides is 1. The van der Waals surface area contributed by atoms with E-state index in [1.807, 2.05) is 24.3 Å². The predicted molar refractivity (Wildman–Crippen MR) is 110 cm³/mol. The Morgan fingerprint density at radius 1 is 0.862 bits per heavy atom. The average molecular weight is 394 g/mol. The van der Waals surface area contributed by atoms with Gasteiger partial charge in [-0.25, -0.2) is 0 Å². The number of rotatable bonds is 9. The summed E-state index contributed by atoms with van der Waals surface area (Å²) in [4.78, 5) is 12.3. The Hall–Kier alpha value is -3.81. The van der Waals surface area contributed by atoms with E-state index >= 15 is 0 Å². The van der Waals surface area contributed by atoms with Crippen LogP contribution < -0.4 is 24.8 Å². The van der Waals surface area contributed by atoms with Gasteiger partial charge in [-0.2, -0.15) is 0 Å². The van der Waals surface area contributed by atoms with Crippen molar-refractivity contribution in [3.8, 4) is 17.2 Å². The zero-order valence-corrected chi connectivity index (χ0v) is 16.2. The summed E-state index contributed by atoms with van der Waals surface area (Å²) in [5.74, 6) is 2.81. The predicted octanol–water partition coefficient (Wildman–Crippen LogP) is 3.24. The summed E-state index contributed by atoms with van der Waals surface area (Å²) in [5.41, 5.74) is 0.476. The molecule has 1 amide bonds. The molecule has 0 unspecified atom stereocenters. The first-order chi connectivity index (χ1) is 14.2. The Kier molecular flexibility index (Phi) is 6.83. The number of carbonyl (C=O) groups is 1. The molecule has 0 bridgehead atoms. The van der Waals surface area contributed by atoms with Crippen molar-refractivity contribution in [2.75, 3.05) is 38.0 Å². The normalized spacial score (nSPS) is 10.1. The lowest BCUT2D eigenvalue weighted by Crippen LogP contribution is -2.15. The molecule has 0 spiro atoms. The van der Waals surface area contributed by atoms with Gasteiger partial charge in [0, 0.05) is 5.56 Å². The van der Waals surface area contributed by atoms with Crippen molar-refractivity contribution < 1.29 is 19.0 Å². The molecule has 0 saturated heterocycles. The van der Waals surface area contributed by atoms with Crippen molar-refractivity contribution in [2.24, 2.45) is 0 Å². The molecule has 29 heavy (non-hydrogen) atoms. The maximum absolute atomic E-state index is 12.3. The molecular formula is C21H22N4O4. The number of nitrogens with one attached hydrogen (secondary N) is 2. The number of carbonyl (C=O) groups excluding carboxylic acids is 1. The van der Waals surface area contributed by atoms with E-state index in [-0.39, 0.29) is 5.91 Å². The number of benzene rings is 2. The molecule has 8 nitrogen and oxygen atoms in total. The van der Waals surface area contributed by atoms with Crippen LogP contribution in [0, 0.1) is 0 Å². The minimum atomic E-state index is -0.285. The molecule has 0 atom stereocenters. The van der Waals surface area contributed by atoms with Crippen molar-refractivity contribution >= 4 is 17.5 Å². The fraction of sp³-hybridized carbons (Fsp3) is 0.190. The summed E-state index contributed by atoms with van der Waals surface area (Å²) < 4.78 is 15.9. The van der Waals surface area contributed by atoms with Crippen LogP contribution in [0.4, 0.5) is 11.6 Å². The highest BCUT2D eigenvalue weighted by atomic mass is 16.5. The van der Waals surface area contributed by atoms with Crippen molar-refractivity contribution in [1.29, 1.82) is 0 Å². The van der Waals surface area contributed by atoms with Crippen LogP contribution in [0.1, 0.15) is 10.4 Å². The van der Waals surface area contributed by atoms with E-state index in [2.05, 4.69) is 20.8 Å². The molecule has 0 aliphatic carbocycles. The fourth-order valence-electron chi connectivity index (χ4n) is 2.47. The Labute approximate surface area is 168 Å². The van der Waals surface area contributed by atoms with Gasteiger partial charge in [-0.3, -0.25) is 4.79 Å². The highest BCUT2D eigenvalue weighted by Gasteiger charge is 2.08. The van der Waals surface area contributed by atoms with Gasteiger partial charge in [0.1, 0.15) is 29.7 Å². The molecule has 2 aromatic carbocycles. The van der Waals surface area contributed by atoms with Crippen molar-refractivity contribution in [1.82, 2.24) is 10.2 Å². The van der Waals surface area contributed by atoms with Crippen molar-refractivity contribution in [3.05, 3.63) is 66.2 Å². The maximum Gasteiger partial charge on any atom is 0.256 e. The summed E-state index contributed by atoms with van der Waals surface area (Å²) in [7, 11) is 3.17. The van der Waals surface area contributed by atoms with E-state index < -0.39 is 0 Å². The minimum Gasteiger partial charge on any atom is -0.497 e. The Balaban J connectivity index is 1.45. The number of aromatic nitrogens is 2. The molecule has 0 aliphatic heterocycles. The topological polar surface area (TPSA) is 94.6 Å². The molecule has 8 heteroatoms. The lowest BCUT2D eigenvalue weighted by Gasteiger charge is -2.09. The largest absolute Gasteiger partial charge is 0.497 e. The molecule has 0 fully saturated rings. The summed E-state index contributed by atoms with van der Waals surface area (Å²) in [6.45, 7) is 1.01. The first-order valence-electron chi connectivity index (χ1n) is 8.98. The lowest BCUT2D eigenvalue weighted by atomic mass is 10.2. The Morgan fingerprint density at radius 2 is 1.55 bits per heavy atom. The van der Waals surface area contributed by atoms with Crippen LogP contribution in [-0.2, 0) is 0 Å². The van der Waals surface area contributed by atoms with Gasteiger partial charge in [-0.15, -0.1) is 10.2 Å². The monoisotopic (exact) mass is 394 g/mol. The van der Waals surface area contributed by atoms with Crippen molar-refractivity contribution in [3.63, 3.8) is 0 Å². The van der Waals surface area contributed by atoms with E-state index in [1.54, 1.807) is 50.6 Å². The van der Waals surface area contributed by atoms with E-state index in [0.717, 1.165) is 11.5 Å². The van der Waals surface area contributed by atoms with Crippen LogP contribution in [-0.4, -0.2) is 43.5 Å². The van der Waals surface area contributed by atoms with Crippen LogP contribution in [0.2, 0.25) is 0 Å². The second kappa shape index (κ2) is 9.93. The Bertz CT molecular complexity index is 930. The maximum atomic E-state index is 12.3. The van der Waals surface area contributed by atoms with Gasteiger partial charge in [0.25, 0.3) is 5.91 Å². The first-order valence-corrected chi connectivity index (χ1v) is 8.98. The average Bonchev–Trinajstić information content (AvgIpc) is 2.78. The molecule has 0 radical (unpaired) electrons. The zero-order valence-electron chi connectivity index (χ0n) is 16.2. The van der Waals surface area contributed by atoms with E-state index in [1.165, 1.54) is 0 Å². The van der Waals surface area contributed by atoms with Crippen molar-refractivity contribution in [2.45, 2.75) is 0 Å². The molecule has 1 heterocycles. The highest BCUT2D eigenvalue weighted by molar-refractivity contribution is 6.03. The van der Waals surface area contributed by atoms with Gasteiger partial charge >= 0.3 is 0 Å². The smallest absolute Gasteiger partial charge is 0.256 e. The summed E-state index contributed by atoms with van der Waals surface area (Å²) in [6, 6.07) is 17.7. The van der Waals surface area contributed by atoms with E-state index in [9.17, 15) is 4.79 Å². The van der Waals surface area contributed by atoms with Crippen LogP contribution in [0.3, 0.4) is 0 Å². The van der Waals surface area contributed by atoms with Gasteiger partial charge in [0.15, 0.2) is 5.82 Å². The van der Waals surface area contributed by atoms with Crippen LogP contribution >= 0.6 is 0 Å². The second-order valence-electron chi connectivity index (χ2n) is 5.94. The van der Waals surface area contributed by atoms with Gasteiger partial charge in [-0.1, -0.05) is 6.07 Å². The number of anilines is 2. The highest BCUT2D eigenvalue weighted by Crippen LogP contribution is 2.17. The third kappa shape index (κ3) is 5.83. The third-order valence-corrected chi connectivity index (χ3v) is 3.97. The zero-order chi connectivity index (χ0) is 20.5. The first kappa shape index (κ1) is 19.9. The molecule has 3 rings (SSSR count). The molecule has 0 saturated carbocycles. The Morgan fingerprint density at radius 3 is 2.24 bits per heavy atom. The number of nitrogens with zero attached hydrogens (tertiary/aromatic N) is 2. The minimum absolute atomic E-state index is 0.285. The van der Waals surface area contributed by atoms with E-state index in [4.69, 9.17) is 14.2 Å². The standard InChI is InChI=1S/C21H22N4O4/c1-27-16-6-8-17(9-7-16)29-13-12-22-19-10-11-20(25-24-19)23-21(26)15-4-3-5-18(14-15)28-2/h3-11,14H,12-13H2,1-2H3,(H,22,24)(H,23,25,26). The number of hydrogen-bond acceptors (Lipinski definition) is 7. The van der Waals surface area contributed by atoms with Gasteiger partial charge in [0.05, 0.1) is 20.8 Å². The molecule has 1 aromatic heterocycles. The number of methoxy groups -OCH3 is 2.